The van der Waals surface area contributed by atoms with Gasteiger partial charge >= 0.3 is 5.97 Å². The van der Waals surface area contributed by atoms with E-state index < -0.39 is 0 Å². The molecule has 0 fully saturated rings. The maximum Gasteiger partial charge on any atom is 0.307 e. The molecule has 0 radical (unpaired) electrons. The molecule has 0 bridgehead atoms. The highest BCUT2D eigenvalue weighted by Crippen LogP contribution is 1.96. The van der Waals surface area contributed by atoms with E-state index in [0.29, 0.717) is 0 Å². The van der Waals surface area contributed by atoms with Crippen LogP contribution in [0.1, 0.15) is 19.4 Å². The highest BCUT2D eigenvalue weighted by Gasteiger charge is 1.80. The molecule has 0 aliphatic carbocycles. The number of aryl methyl sites for hydroxylation is 1. The van der Waals surface area contributed by atoms with Crippen LogP contribution in [0.15, 0.2) is 43.2 Å². The first-order valence-corrected chi connectivity index (χ1v) is 4.52. The van der Waals surface area contributed by atoms with Crippen LogP contribution in [-0.4, -0.2) is 5.97 Å². The molecule has 1 aromatic carbocycles. The number of benzene rings is 1. The van der Waals surface area contributed by atoms with Crippen LogP contribution in [0.5, 0.6) is 0 Å². The summed E-state index contributed by atoms with van der Waals surface area (Å²) in [6.45, 7) is 6.64. The van der Waals surface area contributed by atoms with Crippen LogP contribution in [0.25, 0.3) is 0 Å². The summed E-state index contributed by atoms with van der Waals surface area (Å²) in [5.74, 6) is -0.329. The molecule has 2 heteroatoms. The number of carbonyl (C=O) groups excluding carboxylic acids is 1. The Kier molecular flexibility index (Phi) is 7.15. The molecule has 76 valence electrons. The van der Waals surface area contributed by atoms with Crippen molar-refractivity contribution in [2.24, 2.45) is 0 Å². The van der Waals surface area contributed by atoms with E-state index in [4.69, 9.17) is 0 Å². The lowest BCUT2D eigenvalue weighted by Gasteiger charge is -1.89. The highest BCUT2D eigenvalue weighted by atomic mass is 16.5. The summed E-state index contributed by atoms with van der Waals surface area (Å²) < 4.78 is 4.17. The normalized spacial score (nSPS) is 8.14. The van der Waals surface area contributed by atoms with E-state index in [9.17, 15) is 4.79 Å². The van der Waals surface area contributed by atoms with Crippen LogP contribution in [0.2, 0.25) is 0 Å². The predicted octanol–water partition coefficient (Wildman–Crippen LogP) is 2.94. The van der Waals surface area contributed by atoms with Gasteiger partial charge in [-0.15, -0.1) is 0 Å². The van der Waals surface area contributed by atoms with Crippen LogP contribution in [0.3, 0.4) is 0 Å². The third-order valence-electron chi connectivity index (χ3n) is 1.50. The minimum atomic E-state index is -0.329. The fraction of sp³-hybridized carbons (Fsp3) is 0.250. The van der Waals surface area contributed by atoms with E-state index in [1.54, 1.807) is 0 Å². The van der Waals surface area contributed by atoms with Gasteiger partial charge in [0.05, 0.1) is 6.26 Å². The quantitative estimate of drug-likeness (QED) is 0.532. The second-order valence-corrected chi connectivity index (χ2v) is 2.62. The van der Waals surface area contributed by atoms with E-state index in [-0.39, 0.29) is 5.97 Å². The Bertz CT molecular complexity index is 265. The molecule has 0 unspecified atom stereocenters. The summed E-state index contributed by atoms with van der Waals surface area (Å²) in [7, 11) is 0. The van der Waals surface area contributed by atoms with Crippen molar-refractivity contribution < 1.29 is 9.53 Å². The lowest BCUT2D eigenvalue weighted by molar-refractivity contribution is -0.135. The Morgan fingerprint density at radius 2 is 2.00 bits per heavy atom. The van der Waals surface area contributed by atoms with Gasteiger partial charge in [-0.3, -0.25) is 4.79 Å². The SMILES string of the molecule is C=COC(C)=O.CCc1ccccc1. The van der Waals surface area contributed by atoms with Gasteiger partial charge in [-0.05, 0) is 12.0 Å². The van der Waals surface area contributed by atoms with Gasteiger partial charge in [-0.2, -0.15) is 0 Å². The maximum absolute atomic E-state index is 9.75. The van der Waals surface area contributed by atoms with E-state index in [1.807, 2.05) is 6.07 Å². The molecule has 0 saturated heterocycles. The van der Waals surface area contributed by atoms with Crippen LogP contribution < -0.4 is 0 Å². The molecule has 1 aromatic rings. The van der Waals surface area contributed by atoms with E-state index >= 15 is 0 Å². The van der Waals surface area contributed by atoms with Gasteiger partial charge < -0.3 is 4.74 Å². The molecule has 0 atom stereocenters. The monoisotopic (exact) mass is 192 g/mol. The van der Waals surface area contributed by atoms with Crippen LogP contribution in [0.4, 0.5) is 0 Å². The van der Waals surface area contributed by atoms with Crippen molar-refractivity contribution in [2.75, 3.05) is 0 Å². The van der Waals surface area contributed by atoms with Crippen LogP contribution >= 0.6 is 0 Å². The Balaban J connectivity index is 0.000000255. The fourth-order valence-electron chi connectivity index (χ4n) is 0.831. The number of hydrogen-bond acceptors (Lipinski definition) is 2. The van der Waals surface area contributed by atoms with Crippen molar-refractivity contribution in [1.29, 1.82) is 0 Å². The summed E-state index contributed by atoms with van der Waals surface area (Å²) in [5.41, 5.74) is 1.41. The molecule has 0 N–H and O–H groups in total. The second-order valence-electron chi connectivity index (χ2n) is 2.62. The molecule has 0 aliphatic rings. The van der Waals surface area contributed by atoms with E-state index in [1.165, 1.54) is 12.5 Å². The number of hydrogen-bond donors (Lipinski definition) is 0. The highest BCUT2D eigenvalue weighted by molar-refractivity contribution is 5.66. The van der Waals surface area contributed by atoms with E-state index in [2.05, 4.69) is 42.5 Å². The topological polar surface area (TPSA) is 26.3 Å². The van der Waals surface area contributed by atoms with Gasteiger partial charge in [0, 0.05) is 6.92 Å². The number of rotatable bonds is 2. The van der Waals surface area contributed by atoms with Crippen LogP contribution in [0, 0.1) is 0 Å². The van der Waals surface area contributed by atoms with Crippen molar-refractivity contribution in [2.45, 2.75) is 20.3 Å². The third-order valence-corrected chi connectivity index (χ3v) is 1.50. The van der Waals surface area contributed by atoms with Crippen molar-refractivity contribution >= 4 is 5.97 Å². The van der Waals surface area contributed by atoms with Crippen molar-refractivity contribution in [3.63, 3.8) is 0 Å². The summed E-state index contributed by atoms with van der Waals surface area (Å²) in [6, 6.07) is 10.5. The molecule has 1 rings (SSSR count). The molecule has 14 heavy (non-hydrogen) atoms. The zero-order valence-electron chi connectivity index (χ0n) is 8.69. The van der Waals surface area contributed by atoms with Crippen molar-refractivity contribution in [3.05, 3.63) is 48.7 Å². The van der Waals surface area contributed by atoms with Gasteiger partial charge in [0.15, 0.2) is 0 Å². The first-order chi connectivity index (χ1) is 6.70. The lowest BCUT2D eigenvalue weighted by atomic mass is 10.2. The summed E-state index contributed by atoms with van der Waals surface area (Å²) in [4.78, 5) is 9.75. The van der Waals surface area contributed by atoms with Crippen molar-refractivity contribution in [1.82, 2.24) is 0 Å². The zero-order valence-corrected chi connectivity index (χ0v) is 8.69. The third kappa shape index (κ3) is 7.10. The van der Waals surface area contributed by atoms with E-state index in [0.717, 1.165) is 12.7 Å². The van der Waals surface area contributed by atoms with Gasteiger partial charge in [-0.1, -0.05) is 43.8 Å². The average molecular weight is 192 g/mol. The van der Waals surface area contributed by atoms with Gasteiger partial charge in [0.25, 0.3) is 0 Å². The Morgan fingerprint density at radius 1 is 1.43 bits per heavy atom. The van der Waals surface area contributed by atoms with Gasteiger partial charge in [0.1, 0.15) is 0 Å². The minimum absolute atomic E-state index is 0.329. The van der Waals surface area contributed by atoms with Gasteiger partial charge in [-0.25, -0.2) is 0 Å². The second kappa shape index (κ2) is 8.05. The molecule has 0 aromatic heterocycles. The summed E-state index contributed by atoms with van der Waals surface area (Å²) in [5, 5.41) is 0. The molecule has 0 heterocycles. The molecular formula is C12H16O2. The maximum atomic E-state index is 9.75. The van der Waals surface area contributed by atoms with Crippen molar-refractivity contribution in [3.8, 4) is 0 Å². The summed E-state index contributed by atoms with van der Waals surface area (Å²) >= 11 is 0. The Labute approximate surface area is 85.2 Å². The average Bonchev–Trinajstić information content (AvgIpc) is 2.20. The molecule has 0 aliphatic heterocycles. The molecule has 2 nitrogen and oxygen atoms in total. The lowest BCUT2D eigenvalue weighted by Crippen LogP contribution is -1.87. The predicted molar refractivity (Wildman–Crippen MR) is 57.8 cm³/mol. The Morgan fingerprint density at radius 3 is 2.21 bits per heavy atom. The number of carbonyl (C=O) groups is 1. The molecule has 0 spiro atoms. The molecule has 0 saturated carbocycles. The molecule has 0 amide bonds. The van der Waals surface area contributed by atoms with Crippen LogP contribution in [-0.2, 0) is 16.0 Å². The summed E-state index contributed by atoms with van der Waals surface area (Å²) in [6.07, 6.45) is 2.24. The smallest absolute Gasteiger partial charge is 0.307 e. The number of ether oxygens (including phenoxy) is 1. The first-order valence-electron chi connectivity index (χ1n) is 4.52. The Hall–Kier alpha value is -1.57. The van der Waals surface area contributed by atoms with Gasteiger partial charge in [0.2, 0.25) is 0 Å². The fourth-order valence-corrected chi connectivity index (χ4v) is 0.831. The largest absolute Gasteiger partial charge is 0.435 e. The number of esters is 1. The minimum Gasteiger partial charge on any atom is -0.435 e. The molecular weight excluding hydrogens is 176 g/mol. The standard InChI is InChI=1S/C8H10.C4H6O2/c1-2-8-6-4-3-5-7-8;1-3-6-4(2)5/h3-7H,2H2,1H3;3H,1H2,2H3. The zero-order chi connectivity index (χ0) is 10.8. The first kappa shape index (κ1) is 12.4.